The van der Waals surface area contributed by atoms with Crippen molar-refractivity contribution in [3.8, 4) is 11.3 Å². The number of benzene rings is 1. The normalized spacial score (nSPS) is 14.3. The molecule has 3 heterocycles. The Kier molecular flexibility index (Phi) is 5.11. The molecule has 1 aromatic carbocycles. The Morgan fingerprint density at radius 3 is 2.36 bits per heavy atom. The van der Waals surface area contributed by atoms with Crippen LogP contribution in [0.2, 0.25) is 0 Å². The van der Waals surface area contributed by atoms with Crippen molar-refractivity contribution in [1.82, 2.24) is 19.4 Å². The lowest BCUT2D eigenvalue weighted by atomic mass is 9.81. The fraction of sp³-hybridized carbons (Fsp3) is 0.250. The highest BCUT2D eigenvalue weighted by Crippen LogP contribution is 2.36. The van der Waals surface area contributed by atoms with E-state index in [4.69, 9.17) is 0 Å². The van der Waals surface area contributed by atoms with E-state index in [1.165, 1.54) is 60.4 Å². The lowest BCUT2D eigenvalue weighted by Gasteiger charge is -2.26. The van der Waals surface area contributed by atoms with Gasteiger partial charge in [0.2, 0.25) is 0 Å². The predicted molar refractivity (Wildman–Crippen MR) is 117 cm³/mol. The van der Waals surface area contributed by atoms with Crippen molar-refractivity contribution in [1.29, 1.82) is 0 Å². The second-order valence-corrected chi connectivity index (χ2v) is 8.16. The zero-order valence-corrected chi connectivity index (χ0v) is 17.8. The molecular weight excluding hydrogens is 431 g/mol. The first kappa shape index (κ1) is 21.1. The molecule has 1 aliphatic carbocycles. The van der Waals surface area contributed by atoms with Crippen molar-refractivity contribution >= 4 is 17.4 Å². The third-order valence-corrected chi connectivity index (χ3v) is 6.12. The van der Waals surface area contributed by atoms with E-state index in [9.17, 15) is 18.0 Å². The van der Waals surface area contributed by atoms with Gasteiger partial charge in [0.05, 0.1) is 23.7 Å². The van der Waals surface area contributed by atoms with Crippen molar-refractivity contribution < 1.29 is 18.0 Å². The van der Waals surface area contributed by atoms with Crippen molar-refractivity contribution in [3.05, 3.63) is 78.0 Å². The van der Waals surface area contributed by atoms with Gasteiger partial charge in [-0.2, -0.15) is 13.2 Å². The summed E-state index contributed by atoms with van der Waals surface area (Å²) in [7, 11) is 1.63. The summed E-state index contributed by atoms with van der Waals surface area (Å²) in [5.41, 5.74) is 2.20. The molecule has 0 bridgehead atoms. The number of amides is 1. The number of halogens is 3. The van der Waals surface area contributed by atoms with Crippen LogP contribution >= 0.6 is 0 Å². The second-order valence-electron chi connectivity index (χ2n) is 8.16. The number of aromatic nitrogens is 4. The molecule has 1 saturated carbocycles. The molecule has 3 aromatic heterocycles. The molecule has 0 unspecified atom stereocenters. The van der Waals surface area contributed by atoms with Crippen LogP contribution in [0.5, 0.6) is 0 Å². The van der Waals surface area contributed by atoms with E-state index < -0.39 is 11.7 Å². The summed E-state index contributed by atoms with van der Waals surface area (Å²) < 4.78 is 40.3. The first-order chi connectivity index (χ1) is 15.8. The molecular formula is C24H20F3N5O. The molecule has 5 rings (SSSR count). The standard InChI is InChI=1S/C24H20F3N5O/c1-31(21-10-7-17(11-29-21)15-3-2-4-15)23(33)19-14-32-20(12-30-22(32)13-28-19)16-5-8-18(9-6-16)24(25,26)27/h5-15H,2-4H2,1H3. The molecule has 0 atom stereocenters. The lowest BCUT2D eigenvalue weighted by molar-refractivity contribution is -0.137. The van der Waals surface area contributed by atoms with Gasteiger partial charge in [0.1, 0.15) is 11.5 Å². The number of alkyl halides is 3. The van der Waals surface area contributed by atoms with Crippen LogP contribution in [0, 0.1) is 0 Å². The van der Waals surface area contributed by atoms with Crippen LogP contribution in [0.3, 0.4) is 0 Å². The zero-order chi connectivity index (χ0) is 23.2. The van der Waals surface area contributed by atoms with Gasteiger partial charge < -0.3 is 0 Å². The maximum atomic E-state index is 13.1. The monoisotopic (exact) mass is 451 g/mol. The average molecular weight is 451 g/mol. The molecule has 0 spiro atoms. The van der Waals surface area contributed by atoms with Crippen molar-refractivity contribution in [2.24, 2.45) is 0 Å². The van der Waals surface area contributed by atoms with Gasteiger partial charge in [-0.1, -0.05) is 24.6 Å². The molecule has 168 valence electrons. The third kappa shape index (κ3) is 3.94. The first-order valence-corrected chi connectivity index (χ1v) is 10.6. The third-order valence-electron chi connectivity index (χ3n) is 6.12. The van der Waals surface area contributed by atoms with E-state index >= 15 is 0 Å². The predicted octanol–water partition coefficient (Wildman–Crippen LogP) is 5.35. The number of imidazole rings is 1. The van der Waals surface area contributed by atoms with Gasteiger partial charge in [0.25, 0.3) is 5.91 Å². The summed E-state index contributed by atoms with van der Waals surface area (Å²) in [4.78, 5) is 27.4. The first-order valence-electron chi connectivity index (χ1n) is 10.6. The topological polar surface area (TPSA) is 63.4 Å². The Morgan fingerprint density at radius 2 is 1.76 bits per heavy atom. The average Bonchev–Trinajstić information content (AvgIpc) is 3.20. The Labute approximate surface area is 187 Å². The lowest BCUT2D eigenvalue weighted by Crippen LogP contribution is -2.28. The van der Waals surface area contributed by atoms with E-state index in [2.05, 4.69) is 15.0 Å². The van der Waals surface area contributed by atoms with Crippen LogP contribution in [0.15, 0.2) is 61.2 Å². The van der Waals surface area contributed by atoms with Gasteiger partial charge in [0, 0.05) is 25.0 Å². The number of fused-ring (bicyclic) bond motifs is 1. The number of rotatable bonds is 4. The molecule has 0 aliphatic heterocycles. The minimum absolute atomic E-state index is 0.168. The number of carbonyl (C=O) groups is 1. The van der Waals surface area contributed by atoms with Crippen molar-refractivity contribution in [2.45, 2.75) is 31.4 Å². The fourth-order valence-corrected chi connectivity index (χ4v) is 3.90. The van der Waals surface area contributed by atoms with Crippen LogP contribution in [-0.4, -0.2) is 32.3 Å². The SMILES string of the molecule is CN(C(=O)c1cn2c(-c3ccc(C(F)(F)F)cc3)cnc2cn1)c1ccc(C2CCC2)cn1. The molecule has 0 N–H and O–H groups in total. The Bertz CT molecular complexity index is 1310. The van der Waals surface area contributed by atoms with Crippen molar-refractivity contribution in [2.75, 3.05) is 11.9 Å². The molecule has 6 nitrogen and oxygen atoms in total. The summed E-state index contributed by atoms with van der Waals surface area (Å²) >= 11 is 0. The smallest absolute Gasteiger partial charge is 0.296 e. The molecule has 1 amide bonds. The highest BCUT2D eigenvalue weighted by atomic mass is 19.4. The highest BCUT2D eigenvalue weighted by Gasteiger charge is 2.30. The summed E-state index contributed by atoms with van der Waals surface area (Å²) in [6, 6.07) is 8.64. The minimum atomic E-state index is -4.41. The number of anilines is 1. The van der Waals surface area contributed by atoms with Crippen LogP contribution < -0.4 is 4.90 Å². The van der Waals surface area contributed by atoms with Gasteiger partial charge in [0.15, 0.2) is 5.65 Å². The fourth-order valence-electron chi connectivity index (χ4n) is 3.90. The van der Waals surface area contributed by atoms with Gasteiger partial charge in [-0.3, -0.25) is 14.1 Å². The highest BCUT2D eigenvalue weighted by molar-refractivity contribution is 6.03. The second kappa shape index (κ2) is 7.99. The number of carbonyl (C=O) groups excluding carboxylic acids is 1. The molecule has 9 heteroatoms. The van der Waals surface area contributed by atoms with E-state index in [-0.39, 0.29) is 11.6 Å². The van der Waals surface area contributed by atoms with E-state index in [0.717, 1.165) is 12.1 Å². The van der Waals surface area contributed by atoms with Crippen LogP contribution in [-0.2, 0) is 6.18 Å². The van der Waals surface area contributed by atoms with Crippen molar-refractivity contribution in [3.63, 3.8) is 0 Å². The summed E-state index contributed by atoms with van der Waals surface area (Å²) in [6.07, 6.45) is 5.53. The van der Waals surface area contributed by atoms with Gasteiger partial charge in [-0.15, -0.1) is 0 Å². The Balaban J connectivity index is 1.42. The maximum absolute atomic E-state index is 13.1. The number of hydrogen-bond donors (Lipinski definition) is 0. The molecule has 1 fully saturated rings. The Morgan fingerprint density at radius 1 is 1.00 bits per heavy atom. The van der Waals surface area contributed by atoms with Crippen LogP contribution in [0.25, 0.3) is 16.9 Å². The maximum Gasteiger partial charge on any atom is 0.416 e. The molecule has 1 aliphatic rings. The molecule has 0 saturated heterocycles. The molecule has 0 radical (unpaired) electrons. The zero-order valence-electron chi connectivity index (χ0n) is 17.8. The number of hydrogen-bond acceptors (Lipinski definition) is 4. The van der Waals surface area contributed by atoms with Crippen LogP contribution in [0.1, 0.15) is 46.8 Å². The number of nitrogens with zero attached hydrogens (tertiary/aromatic N) is 5. The Hall–Kier alpha value is -3.75. The summed E-state index contributed by atoms with van der Waals surface area (Å²) in [5.74, 6) is 0.716. The van der Waals surface area contributed by atoms with Crippen LogP contribution in [0.4, 0.5) is 19.0 Å². The molecule has 33 heavy (non-hydrogen) atoms. The van der Waals surface area contributed by atoms with Gasteiger partial charge >= 0.3 is 6.18 Å². The largest absolute Gasteiger partial charge is 0.416 e. The number of pyridine rings is 1. The quantitative estimate of drug-likeness (QED) is 0.419. The summed E-state index contributed by atoms with van der Waals surface area (Å²) in [5, 5.41) is 0. The molecule has 4 aromatic rings. The van der Waals surface area contributed by atoms with E-state index in [1.807, 2.05) is 18.3 Å². The van der Waals surface area contributed by atoms with Gasteiger partial charge in [-0.05, 0) is 42.5 Å². The van der Waals surface area contributed by atoms with E-state index in [1.54, 1.807) is 11.4 Å². The minimum Gasteiger partial charge on any atom is -0.296 e. The van der Waals surface area contributed by atoms with Gasteiger partial charge in [-0.25, -0.2) is 15.0 Å². The summed E-state index contributed by atoms with van der Waals surface area (Å²) in [6.45, 7) is 0. The van der Waals surface area contributed by atoms with E-state index in [0.29, 0.717) is 28.6 Å².